The van der Waals surface area contributed by atoms with Gasteiger partial charge < -0.3 is 5.32 Å². The van der Waals surface area contributed by atoms with Crippen LogP contribution in [0.2, 0.25) is 0 Å². The molecule has 1 saturated heterocycles. The van der Waals surface area contributed by atoms with Gasteiger partial charge in [-0.05, 0) is 52.7 Å². The molecule has 1 atom stereocenters. The Morgan fingerprint density at radius 2 is 1.83 bits per heavy atom. The molecule has 0 aliphatic carbocycles. The molecular weight excluding hydrogens is 444 g/mol. The number of para-hydroxylation sites is 1. The van der Waals surface area contributed by atoms with E-state index in [0.29, 0.717) is 22.5 Å². The molecule has 0 amide bonds. The Hall–Kier alpha value is -0.890. The largest absolute Gasteiger partial charge is 0.381 e. The van der Waals surface area contributed by atoms with Crippen molar-refractivity contribution in [3.63, 3.8) is 0 Å². The smallest absolute Gasteiger partial charge is 0.244 e. The fourth-order valence-corrected chi connectivity index (χ4v) is 5.86. The number of nitrogens with zero attached hydrogens (tertiary/aromatic N) is 1. The highest BCUT2D eigenvalue weighted by Gasteiger charge is 2.33. The molecule has 1 heterocycles. The van der Waals surface area contributed by atoms with Crippen LogP contribution in [-0.2, 0) is 10.0 Å². The van der Waals surface area contributed by atoms with Crippen LogP contribution in [-0.4, -0.2) is 31.9 Å². The van der Waals surface area contributed by atoms with Crippen molar-refractivity contribution in [1.82, 2.24) is 4.31 Å². The van der Waals surface area contributed by atoms with E-state index in [4.69, 9.17) is 0 Å². The zero-order valence-electron chi connectivity index (χ0n) is 12.2. The third-order valence-electron chi connectivity index (χ3n) is 3.81. The van der Waals surface area contributed by atoms with Gasteiger partial charge >= 0.3 is 0 Å². The summed E-state index contributed by atoms with van der Waals surface area (Å²) in [7, 11) is -3.49. The van der Waals surface area contributed by atoms with E-state index in [1.807, 2.05) is 30.3 Å². The van der Waals surface area contributed by atoms with Crippen LogP contribution < -0.4 is 5.32 Å². The number of sulfonamides is 1. The van der Waals surface area contributed by atoms with Gasteiger partial charge in [0, 0.05) is 33.8 Å². The Bertz CT molecular complexity index is 797. The third kappa shape index (κ3) is 3.79. The first-order valence-electron chi connectivity index (χ1n) is 7.23. The average molecular weight is 460 g/mol. The zero-order valence-corrected chi connectivity index (χ0v) is 16.2. The quantitative estimate of drug-likeness (QED) is 0.749. The lowest BCUT2D eigenvalue weighted by molar-refractivity contribution is 0.474. The molecule has 23 heavy (non-hydrogen) atoms. The van der Waals surface area contributed by atoms with Gasteiger partial charge in [-0.3, -0.25) is 0 Å². The van der Waals surface area contributed by atoms with E-state index >= 15 is 0 Å². The summed E-state index contributed by atoms with van der Waals surface area (Å²) in [5.41, 5.74) is 1.02. The molecule has 4 nitrogen and oxygen atoms in total. The summed E-state index contributed by atoms with van der Waals surface area (Å²) in [6.07, 6.45) is 0.794. The van der Waals surface area contributed by atoms with Gasteiger partial charge in [-0.25, -0.2) is 8.42 Å². The van der Waals surface area contributed by atoms with Gasteiger partial charge in [0.15, 0.2) is 0 Å². The van der Waals surface area contributed by atoms with Gasteiger partial charge in [-0.2, -0.15) is 4.31 Å². The first-order valence-corrected chi connectivity index (χ1v) is 10.3. The van der Waals surface area contributed by atoms with Crippen LogP contribution in [0.4, 0.5) is 5.69 Å². The highest BCUT2D eigenvalue weighted by Crippen LogP contribution is 2.30. The van der Waals surface area contributed by atoms with Crippen LogP contribution in [0.5, 0.6) is 0 Å². The van der Waals surface area contributed by atoms with Crippen LogP contribution in [0.1, 0.15) is 6.42 Å². The van der Waals surface area contributed by atoms with Crippen molar-refractivity contribution >= 4 is 47.6 Å². The normalized spacial score (nSPS) is 19.0. The molecule has 1 aliphatic heterocycles. The van der Waals surface area contributed by atoms with Crippen molar-refractivity contribution in [2.45, 2.75) is 17.4 Å². The van der Waals surface area contributed by atoms with Crippen molar-refractivity contribution in [1.29, 1.82) is 0 Å². The highest BCUT2D eigenvalue weighted by molar-refractivity contribution is 9.11. The zero-order chi connectivity index (χ0) is 16.4. The van der Waals surface area contributed by atoms with Crippen LogP contribution in [0.15, 0.2) is 62.4 Å². The molecule has 0 radical (unpaired) electrons. The van der Waals surface area contributed by atoms with Crippen molar-refractivity contribution in [3.05, 3.63) is 57.5 Å². The molecule has 0 spiro atoms. The number of rotatable bonds is 4. The van der Waals surface area contributed by atoms with Gasteiger partial charge in [0.2, 0.25) is 10.0 Å². The first kappa shape index (κ1) is 17.0. The molecule has 7 heteroatoms. The molecule has 1 aliphatic rings. The van der Waals surface area contributed by atoms with Crippen molar-refractivity contribution in [2.24, 2.45) is 0 Å². The molecule has 2 aromatic carbocycles. The number of hydrogen-bond acceptors (Lipinski definition) is 3. The second-order valence-electron chi connectivity index (χ2n) is 5.43. The summed E-state index contributed by atoms with van der Waals surface area (Å²) in [4.78, 5) is 0.307. The van der Waals surface area contributed by atoms with Crippen molar-refractivity contribution in [3.8, 4) is 0 Å². The Balaban J connectivity index is 1.75. The molecule has 1 unspecified atom stereocenters. The molecule has 122 valence electrons. The molecular formula is C16H16Br2N2O2S. The van der Waals surface area contributed by atoms with E-state index in [1.54, 1.807) is 22.5 Å². The SMILES string of the molecule is O=S(=O)(c1ccc(Br)cc1Br)N1CCC(Nc2ccccc2)C1. The lowest BCUT2D eigenvalue weighted by Gasteiger charge is -2.18. The molecule has 0 saturated carbocycles. The number of nitrogens with one attached hydrogen (secondary N) is 1. The maximum absolute atomic E-state index is 12.8. The minimum Gasteiger partial charge on any atom is -0.381 e. The molecule has 0 bridgehead atoms. The molecule has 1 fully saturated rings. The van der Waals surface area contributed by atoms with Crippen LogP contribution in [0.25, 0.3) is 0 Å². The van der Waals surface area contributed by atoms with Crippen LogP contribution >= 0.6 is 31.9 Å². The summed E-state index contributed by atoms with van der Waals surface area (Å²) in [5.74, 6) is 0. The Morgan fingerprint density at radius 3 is 2.52 bits per heavy atom. The van der Waals surface area contributed by atoms with Crippen molar-refractivity contribution in [2.75, 3.05) is 18.4 Å². The van der Waals surface area contributed by atoms with Crippen molar-refractivity contribution < 1.29 is 8.42 Å². The summed E-state index contributed by atoms with van der Waals surface area (Å²) in [6.45, 7) is 0.995. The first-order chi connectivity index (χ1) is 11.0. The van der Waals surface area contributed by atoms with E-state index in [0.717, 1.165) is 16.6 Å². The van der Waals surface area contributed by atoms with E-state index in [1.165, 1.54) is 0 Å². The van der Waals surface area contributed by atoms with Gasteiger partial charge in [0.05, 0.1) is 4.90 Å². The number of halogens is 2. The average Bonchev–Trinajstić information content (AvgIpc) is 2.97. The lowest BCUT2D eigenvalue weighted by atomic mass is 10.2. The standard InChI is InChI=1S/C16H16Br2N2O2S/c17-12-6-7-16(15(18)10-12)23(21,22)20-9-8-14(11-20)19-13-4-2-1-3-5-13/h1-7,10,14,19H,8-9,11H2. The summed E-state index contributed by atoms with van der Waals surface area (Å²) < 4.78 is 28.6. The number of anilines is 1. The predicted octanol–water partition coefficient (Wildman–Crippen LogP) is 4.09. The Morgan fingerprint density at radius 1 is 1.09 bits per heavy atom. The van der Waals surface area contributed by atoms with E-state index in [2.05, 4.69) is 37.2 Å². The molecule has 3 rings (SSSR count). The van der Waals surface area contributed by atoms with Crippen LogP contribution in [0.3, 0.4) is 0 Å². The minimum atomic E-state index is -3.49. The Kier molecular flexibility index (Phi) is 5.10. The summed E-state index contributed by atoms with van der Waals surface area (Å²) in [5, 5.41) is 3.39. The second-order valence-corrected chi connectivity index (χ2v) is 9.11. The topological polar surface area (TPSA) is 49.4 Å². The highest BCUT2D eigenvalue weighted by atomic mass is 79.9. The van der Waals surface area contributed by atoms with Gasteiger partial charge in [-0.15, -0.1) is 0 Å². The molecule has 0 aromatic heterocycles. The van der Waals surface area contributed by atoms with Gasteiger partial charge in [0.1, 0.15) is 0 Å². The summed E-state index contributed by atoms with van der Waals surface area (Å²) in [6, 6.07) is 15.1. The summed E-state index contributed by atoms with van der Waals surface area (Å²) >= 11 is 6.69. The molecule has 1 N–H and O–H groups in total. The third-order valence-corrected chi connectivity index (χ3v) is 7.14. The van der Waals surface area contributed by atoms with E-state index in [9.17, 15) is 8.42 Å². The predicted molar refractivity (Wildman–Crippen MR) is 99.1 cm³/mol. The van der Waals surface area contributed by atoms with E-state index in [-0.39, 0.29) is 6.04 Å². The maximum atomic E-state index is 12.8. The minimum absolute atomic E-state index is 0.126. The van der Waals surface area contributed by atoms with Gasteiger partial charge in [-0.1, -0.05) is 34.1 Å². The fraction of sp³-hybridized carbons (Fsp3) is 0.250. The fourth-order valence-electron chi connectivity index (χ4n) is 2.66. The van der Waals surface area contributed by atoms with Gasteiger partial charge in [0.25, 0.3) is 0 Å². The number of hydrogen-bond donors (Lipinski definition) is 1. The second kappa shape index (κ2) is 6.93. The Labute approximate surface area is 153 Å². The van der Waals surface area contributed by atoms with E-state index < -0.39 is 10.0 Å². The number of benzene rings is 2. The maximum Gasteiger partial charge on any atom is 0.244 e. The monoisotopic (exact) mass is 458 g/mol. The lowest BCUT2D eigenvalue weighted by Crippen LogP contribution is -2.31. The van der Waals surface area contributed by atoms with Crippen LogP contribution in [0, 0.1) is 0 Å². The molecule has 2 aromatic rings.